The molecule has 1 amide bonds. The van der Waals surface area contributed by atoms with Crippen molar-refractivity contribution in [3.8, 4) is 0 Å². The maximum absolute atomic E-state index is 12.1. The molecular formula is C14H21N3O3S. The number of carbonyl (C=O) groups is 1. The Bertz CT molecular complexity index is 653. The molecule has 0 radical (unpaired) electrons. The molecule has 1 aliphatic heterocycles. The molecule has 6 nitrogen and oxygen atoms in total. The van der Waals surface area contributed by atoms with E-state index in [1.165, 1.54) is 5.56 Å². The van der Waals surface area contributed by atoms with Crippen molar-refractivity contribution >= 4 is 15.9 Å². The summed E-state index contributed by atoms with van der Waals surface area (Å²) in [5, 5.41) is 5.99. The predicted octanol–water partition coefficient (Wildman–Crippen LogP) is 0.347. The molecule has 0 aromatic heterocycles. The number of sulfonamides is 1. The Balaban J connectivity index is 1.99. The molecule has 21 heavy (non-hydrogen) atoms. The topological polar surface area (TPSA) is 87.3 Å². The summed E-state index contributed by atoms with van der Waals surface area (Å²) in [6.07, 6.45) is 1.10. The summed E-state index contributed by atoms with van der Waals surface area (Å²) >= 11 is 0. The van der Waals surface area contributed by atoms with Crippen LogP contribution in [0.15, 0.2) is 18.2 Å². The van der Waals surface area contributed by atoms with Gasteiger partial charge in [0.15, 0.2) is 0 Å². The van der Waals surface area contributed by atoms with Gasteiger partial charge in [-0.1, -0.05) is 6.07 Å². The Hall–Kier alpha value is -1.44. The lowest BCUT2D eigenvalue weighted by atomic mass is 10.0. The zero-order chi connectivity index (χ0) is 15.7. The van der Waals surface area contributed by atoms with Gasteiger partial charge in [-0.05, 0) is 37.1 Å². The SMILES string of the molecule is CC(C)(CNC(=O)c1ccc2c(c1)CNC2)NS(C)(=O)=O. The van der Waals surface area contributed by atoms with Crippen LogP contribution >= 0.6 is 0 Å². The van der Waals surface area contributed by atoms with Crippen LogP contribution in [0.2, 0.25) is 0 Å². The summed E-state index contributed by atoms with van der Waals surface area (Å²) < 4.78 is 25.0. The van der Waals surface area contributed by atoms with E-state index < -0.39 is 15.6 Å². The predicted molar refractivity (Wildman–Crippen MR) is 81.4 cm³/mol. The fraction of sp³-hybridized carbons (Fsp3) is 0.500. The van der Waals surface area contributed by atoms with E-state index in [0.717, 1.165) is 24.9 Å². The van der Waals surface area contributed by atoms with E-state index in [-0.39, 0.29) is 12.5 Å². The van der Waals surface area contributed by atoms with Gasteiger partial charge in [0.05, 0.1) is 6.26 Å². The van der Waals surface area contributed by atoms with Crippen molar-refractivity contribution in [2.75, 3.05) is 12.8 Å². The lowest BCUT2D eigenvalue weighted by molar-refractivity contribution is 0.0944. The van der Waals surface area contributed by atoms with Gasteiger partial charge in [0, 0.05) is 30.7 Å². The number of nitrogens with one attached hydrogen (secondary N) is 3. The van der Waals surface area contributed by atoms with Crippen LogP contribution in [0.5, 0.6) is 0 Å². The highest BCUT2D eigenvalue weighted by Crippen LogP contribution is 2.17. The van der Waals surface area contributed by atoms with Gasteiger partial charge in [-0.25, -0.2) is 13.1 Å². The minimum atomic E-state index is -3.31. The molecule has 0 fully saturated rings. The lowest BCUT2D eigenvalue weighted by Gasteiger charge is -2.25. The first-order valence-electron chi connectivity index (χ1n) is 6.76. The summed E-state index contributed by atoms with van der Waals surface area (Å²) in [5.41, 5.74) is 2.20. The molecule has 3 N–H and O–H groups in total. The maximum Gasteiger partial charge on any atom is 0.251 e. The molecule has 1 heterocycles. The molecule has 1 aliphatic rings. The van der Waals surface area contributed by atoms with Crippen LogP contribution < -0.4 is 15.4 Å². The molecule has 0 unspecified atom stereocenters. The number of benzene rings is 1. The second-order valence-corrected chi connectivity index (χ2v) is 7.78. The monoisotopic (exact) mass is 311 g/mol. The number of hydrogen-bond donors (Lipinski definition) is 3. The van der Waals surface area contributed by atoms with Crippen LogP contribution in [0.3, 0.4) is 0 Å². The molecule has 0 aliphatic carbocycles. The minimum absolute atomic E-state index is 0.201. The van der Waals surface area contributed by atoms with Gasteiger partial charge >= 0.3 is 0 Å². The Kier molecular flexibility index (Phi) is 4.36. The van der Waals surface area contributed by atoms with E-state index in [1.807, 2.05) is 12.1 Å². The quantitative estimate of drug-likeness (QED) is 0.732. The molecule has 0 spiro atoms. The van der Waals surface area contributed by atoms with E-state index >= 15 is 0 Å². The summed E-state index contributed by atoms with van der Waals surface area (Å²) in [6.45, 7) is 5.27. The smallest absolute Gasteiger partial charge is 0.251 e. The molecular weight excluding hydrogens is 290 g/mol. The maximum atomic E-state index is 12.1. The summed E-state index contributed by atoms with van der Waals surface area (Å²) in [6, 6.07) is 5.62. The van der Waals surface area contributed by atoms with Gasteiger partial charge in [-0.3, -0.25) is 4.79 Å². The highest BCUT2D eigenvalue weighted by molar-refractivity contribution is 7.88. The Labute approximate surface area is 125 Å². The third-order valence-electron chi connectivity index (χ3n) is 3.25. The van der Waals surface area contributed by atoms with Gasteiger partial charge < -0.3 is 10.6 Å². The Morgan fingerprint density at radius 2 is 1.95 bits per heavy atom. The van der Waals surface area contributed by atoms with E-state index in [0.29, 0.717) is 5.56 Å². The number of fused-ring (bicyclic) bond motifs is 1. The van der Waals surface area contributed by atoms with E-state index in [9.17, 15) is 13.2 Å². The van der Waals surface area contributed by atoms with Gasteiger partial charge in [0.25, 0.3) is 5.91 Å². The zero-order valence-corrected chi connectivity index (χ0v) is 13.3. The molecule has 7 heteroatoms. The van der Waals surface area contributed by atoms with Crippen molar-refractivity contribution in [2.24, 2.45) is 0 Å². The third kappa shape index (κ3) is 4.52. The molecule has 0 saturated carbocycles. The highest BCUT2D eigenvalue weighted by Gasteiger charge is 2.23. The van der Waals surface area contributed by atoms with Crippen molar-refractivity contribution in [2.45, 2.75) is 32.5 Å². The van der Waals surface area contributed by atoms with Crippen molar-refractivity contribution in [1.82, 2.24) is 15.4 Å². The standard InChI is InChI=1S/C14H21N3O3S/c1-14(2,17-21(3,19)20)9-16-13(18)10-4-5-11-7-15-8-12(11)6-10/h4-6,15,17H,7-9H2,1-3H3,(H,16,18). The number of hydrogen-bond acceptors (Lipinski definition) is 4. The molecule has 1 aromatic carbocycles. The normalized spacial score (nSPS) is 14.8. The molecule has 0 atom stereocenters. The number of rotatable bonds is 5. The van der Waals surface area contributed by atoms with Crippen molar-refractivity contribution in [1.29, 1.82) is 0 Å². The molecule has 116 valence electrons. The number of carbonyl (C=O) groups excluding carboxylic acids is 1. The summed E-state index contributed by atoms with van der Waals surface area (Å²) in [7, 11) is -3.31. The van der Waals surface area contributed by atoms with E-state index in [1.54, 1.807) is 19.9 Å². The van der Waals surface area contributed by atoms with E-state index in [2.05, 4.69) is 15.4 Å². The van der Waals surface area contributed by atoms with Gasteiger partial charge in [-0.15, -0.1) is 0 Å². The van der Waals surface area contributed by atoms with Crippen LogP contribution in [0.1, 0.15) is 35.3 Å². The molecule has 0 bridgehead atoms. The first-order valence-corrected chi connectivity index (χ1v) is 8.65. The van der Waals surface area contributed by atoms with Gasteiger partial charge in [0.1, 0.15) is 0 Å². The van der Waals surface area contributed by atoms with Crippen molar-refractivity contribution in [3.63, 3.8) is 0 Å². The second-order valence-electron chi connectivity index (χ2n) is 6.03. The molecule has 0 saturated heterocycles. The Morgan fingerprint density at radius 3 is 2.62 bits per heavy atom. The van der Waals surface area contributed by atoms with Crippen molar-refractivity contribution in [3.05, 3.63) is 34.9 Å². The zero-order valence-electron chi connectivity index (χ0n) is 12.5. The van der Waals surface area contributed by atoms with Gasteiger partial charge in [-0.2, -0.15) is 0 Å². The fourth-order valence-corrected chi connectivity index (χ4v) is 3.45. The second kappa shape index (κ2) is 5.75. The first-order chi connectivity index (χ1) is 9.66. The van der Waals surface area contributed by atoms with Gasteiger partial charge in [0.2, 0.25) is 10.0 Å². The minimum Gasteiger partial charge on any atom is -0.350 e. The highest BCUT2D eigenvalue weighted by atomic mass is 32.2. The van der Waals surface area contributed by atoms with Crippen LogP contribution in [-0.4, -0.2) is 32.7 Å². The van der Waals surface area contributed by atoms with Crippen LogP contribution in [0.4, 0.5) is 0 Å². The summed E-state index contributed by atoms with van der Waals surface area (Å²) in [5.74, 6) is -0.201. The largest absolute Gasteiger partial charge is 0.350 e. The third-order valence-corrected chi connectivity index (χ3v) is 4.18. The fourth-order valence-electron chi connectivity index (χ4n) is 2.38. The molecule has 2 rings (SSSR count). The average Bonchev–Trinajstić information content (AvgIpc) is 2.80. The average molecular weight is 311 g/mol. The number of amides is 1. The van der Waals surface area contributed by atoms with Crippen molar-refractivity contribution < 1.29 is 13.2 Å². The molecule has 1 aromatic rings. The first kappa shape index (κ1) is 15.9. The van der Waals surface area contributed by atoms with Crippen LogP contribution in [-0.2, 0) is 23.1 Å². The lowest BCUT2D eigenvalue weighted by Crippen LogP contribution is -2.51. The Morgan fingerprint density at radius 1 is 1.29 bits per heavy atom. The summed E-state index contributed by atoms with van der Waals surface area (Å²) in [4.78, 5) is 12.1. The van der Waals surface area contributed by atoms with E-state index in [4.69, 9.17) is 0 Å². The van der Waals surface area contributed by atoms with Crippen LogP contribution in [0, 0.1) is 0 Å². The van der Waals surface area contributed by atoms with Crippen LogP contribution in [0.25, 0.3) is 0 Å².